The molecule has 0 aromatic carbocycles. The monoisotopic (exact) mass is 209 g/mol. The minimum absolute atomic E-state index is 0.210. The van der Waals surface area contributed by atoms with Gasteiger partial charge in [-0.15, -0.1) is 0 Å². The van der Waals surface area contributed by atoms with E-state index in [9.17, 15) is 0 Å². The predicted molar refractivity (Wildman–Crippen MR) is 62.8 cm³/mol. The molecule has 0 fully saturated rings. The number of hydrogen-bond acceptors (Lipinski definition) is 4. The van der Waals surface area contributed by atoms with E-state index in [-0.39, 0.29) is 5.60 Å². The van der Waals surface area contributed by atoms with Crippen molar-refractivity contribution in [2.45, 2.75) is 26.4 Å². The molecule has 0 unspecified atom stereocenters. The Bertz CT molecular complexity index is 312. The molecule has 0 aliphatic rings. The van der Waals surface area contributed by atoms with Gasteiger partial charge in [0, 0.05) is 19.3 Å². The summed E-state index contributed by atoms with van der Waals surface area (Å²) in [6.07, 6.45) is 1.71. The smallest absolute Gasteiger partial charge is 0.149 e. The van der Waals surface area contributed by atoms with E-state index in [4.69, 9.17) is 10.5 Å². The number of nitrogens with two attached hydrogens (primary N) is 1. The van der Waals surface area contributed by atoms with E-state index in [1.807, 2.05) is 32.9 Å². The number of aromatic nitrogens is 1. The highest BCUT2D eigenvalue weighted by Crippen LogP contribution is 2.15. The van der Waals surface area contributed by atoms with Gasteiger partial charge in [0.15, 0.2) is 0 Å². The molecule has 0 saturated heterocycles. The Hall–Kier alpha value is -1.29. The molecule has 0 bridgehead atoms. The highest BCUT2D eigenvalue weighted by molar-refractivity contribution is 5.60. The van der Waals surface area contributed by atoms with Crippen molar-refractivity contribution in [3.05, 3.63) is 18.3 Å². The summed E-state index contributed by atoms with van der Waals surface area (Å²) in [4.78, 5) is 4.15. The summed E-state index contributed by atoms with van der Waals surface area (Å²) in [5.41, 5.74) is 6.21. The van der Waals surface area contributed by atoms with Crippen molar-refractivity contribution in [1.82, 2.24) is 4.98 Å². The maximum atomic E-state index is 5.76. The minimum Gasteiger partial charge on any atom is -0.396 e. The molecule has 0 atom stereocenters. The second kappa shape index (κ2) is 4.98. The van der Waals surface area contributed by atoms with Crippen LogP contribution in [0.4, 0.5) is 11.5 Å². The van der Waals surface area contributed by atoms with Gasteiger partial charge < -0.3 is 15.8 Å². The molecule has 0 aliphatic carbocycles. The van der Waals surface area contributed by atoms with Gasteiger partial charge in [-0.1, -0.05) is 0 Å². The Morgan fingerprint density at radius 2 is 2.27 bits per heavy atom. The van der Waals surface area contributed by atoms with Gasteiger partial charge in [-0.25, -0.2) is 4.98 Å². The summed E-state index contributed by atoms with van der Waals surface area (Å²) in [6.45, 7) is 7.43. The topological polar surface area (TPSA) is 60.2 Å². The summed E-state index contributed by atoms with van der Waals surface area (Å²) < 4.78 is 5.56. The van der Waals surface area contributed by atoms with E-state index < -0.39 is 0 Å². The lowest BCUT2D eigenvalue weighted by Crippen LogP contribution is -2.33. The summed E-state index contributed by atoms with van der Waals surface area (Å²) in [7, 11) is 0. The van der Waals surface area contributed by atoms with E-state index in [1.165, 1.54) is 0 Å². The van der Waals surface area contributed by atoms with E-state index in [0.717, 1.165) is 0 Å². The molecule has 0 radical (unpaired) electrons. The van der Waals surface area contributed by atoms with Crippen molar-refractivity contribution in [2.75, 3.05) is 24.2 Å². The molecule has 0 saturated carbocycles. The first kappa shape index (κ1) is 11.8. The van der Waals surface area contributed by atoms with Crippen LogP contribution in [0.1, 0.15) is 20.8 Å². The molecule has 1 aromatic heterocycles. The number of rotatable bonds is 5. The third-order valence-electron chi connectivity index (χ3n) is 2.06. The molecule has 15 heavy (non-hydrogen) atoms. The van der Waals surface area contributed by atoms with Gasteiger partial charge in [0.1, 0.15) is 5.82 Å². The Morgan fingerprint density at radius 1 is 1.53 bits per heavy atom. The van der Waals surface area contributed by atoms with Gasteiger partial charge in [0.05, 0.1) is 11.3 Å². The van der Waals surface area contributed by atoms with Gasteiger partial charge >= 0.3 is 0 Å². The van der Waals surface area contributed by atoms with Gasteiger partial charge in [0.25, 0.3) is 0 Å². The third kappa shape index (κ3) is 3.75. The first-order chi connectivity index (χ1) is 7.05. The second-order valence-corrected chi connectivity index (χ2v) is 3.99. The van der Waals surface area contributed by atoms with Gasteiger partial charge in [-0.3, -0.25) is 0 Å². The standard InChI is InChI=1S/C11H19N3O/c1-4-15-11(2,3)8-14-10-9(12)6-5-7-13-10/h5-7H,4,8,12H2,1-3H3,(H,13,14). The Morgan fingerprint density at radius 3 is 2.87 bits per heavy atom. The van der Waals surface area contributed by atoms with Crippen LogP contribution in [0.5, 0.6) is 0 Å². The van der Waals surface area contributed by atoms with E-state index in [2.05, 4.69) is 10.3 Å². The van der Waals surface area contributed by atoms with Crippen molar-refractivity contribution in [1.29, 1.82) is 0 Å². The normalized spacial score (nSPS) is 11.4. The van der Waals surface area contributed by atoms with E-state index in [1.54, 1.807) is 6.20 Å². The maximum absolute atomic E-state index is 5.76. The fourth-order valence-electron chi connectivity index (χ4n) is 1.30. The quantitative estimate of drug-likeness (QED) is 0.777. The fraction of sp³-hybridized carbons (Fsp3) is 0.545. The number of pyridine rings is 1. The lowest BCUT2D eigenvalue weighted by Gasteiger charge is -2.25. The molecular weight excluding hydrogens is 190 g/mol. The fourth-order valence-corrected chi connectivity index (χ4v) is 1.30. The van der Waals surface area contributed by atoms with Crippen LogP contribution in [0.25, 0.3) is 0 Å². The van der Waals surface area contributed by atoms with E-state index in [0.29, 0.717) is 24.7 Å². The van der Waals surface area contributed by atoms with Crippen LogP contribution in [-0.2, 0) is 4.74 Å². The maximum Gasteiger partial charge on any atom is 0.149 e. The average Bonchev–Trinajstić information content (AvgIpc) is 2.16. The molecule has 84 valence electrons. The molecule has 1 aromatic rings. The van der Waals surface area contributed by atoms with Gasteiger partial charge in [0.2, 0.25) is 0 Å². The second-order valence-electron chi connectivity index (χ2n) is 3.99. The molecule has 1 rings (SSSR count). The van der Waals surface area contributed by atoms with E-state index >= 15 is 0 Å². The SMILES string of the molecule is CCOC(C)(C)CNc1ncccc1N. The molecule has 0 aliphatic heterocycles. The number of nitrogen functional groups attached to an aromatic ring is 1. The first-order valence-electron chi connectivity index (χ1n) is 5.13. The molecule has 0 spiro atoms. The zero-order valence-corrected chi connectivity index (χ0v) is 9.58. The van der Waals surface area contributed by atoms with Crippen LogP contribution in [0.2, 0.25) is 0 Å². The predicted octanol–water partition coefficient (Wildman–Crippen LogP) is 1.89. The molecule has 1 heterocycles. The molecule has 4 heteroatoms. The summed E-state index contributed by atoms with van der Waals surface area (Å²) in [5, 5.41) is 3.18. The summed E-state index contributed by atoms with van der Waals surface area (Å²) >= 11 is 0. The number of anilines is 2. The van der Waals surface area contributed by atoms with Gasteiger partial charge in [-0.05, 0) is 32.9 Å². The Kier molecular flexibility index (Phi) is 3.91. The highest BCUT2D eigenvalue weighted by atomic mass is 16.5. The van der Waals surface area contributed by atoms with Crippen LogP contribution >= 0.6 is 0 Å². The first-order valence-corrected chi connectivity index (χ1v) is 5.13. The molecule has 0 amide bonds. The van der Waals surface area contributed by atoms with Crippen molar-refractivity contribution in [2.24, 2.45) is 0 Å². The number of nitrogens with zero attached hydrogens (tertiary/aromatic N) is 1. The number of hydrogen-bond donors (Lipinski definition) is 2. The number of ether oxygens (including phenoxy) is 1. The Labute approximate surface area is 90.8 Å². The summed E-state index contributed by atoms with van der Waals surface area (Å²) in [6, 6.07) is 3.64. The lowest BCUT2D eigenvalue weighted by molar-refractivity contribution is 0.000656. The van der Waals surface area contributed by atoms with Crippen LogP contribution in [-0.4, -0.2) is 23.7 Å². The molecular formula is C11H19N3O. The largest absolute Gasteiger partial charge is 0.396 e. The van der Waals surface area contributed by atoms with Gasteiger partial charge in [-0.2, -0.15) is 0 Å². The van der Waals surface area contributed by atoms with Crippen molar-refractivity contribution >= 4 is 11.5 Å². The van der Waals surface area contributed by atoms with Crippen molar-refractivity contribution in [3.8, 4) is 0 Å². The van der Waals surface area contributed by atoms with Crippen molar-refractivity contribution in [3.63, 3.8) is 0 Å². The zero-order chi connectivity index (χ0) is 11.3. The third-order valence-corrected chi connectivity index (χ3v) is 2.06. The zero-order valence-electron chi connectivity index (χ0n) is 9.58. The lowest BCUT2D eigenvalue weighted by atomic mass is 10.1. The highest BCUT2D eigenvalue weighted by Gasteiger charge is 2.17. The molecule has 3 N–H and O–H groups in total. The minimum atomic E-state index is -0.210. The van der Waals surface area contributed by atoms with Crippen LogP contribution in [0, 0.1) is 0 Å². The Balaban J connectivity index is 2.53. The molecule has 4 nitrogen and oxygen atoms in total. The average molecular weight is 209 g/mol. The number of nitrogens with one attached hydrogen (secondary N) is 1. The van der Waals surface area contributed by atoms with Crippen LogP contribution < -0.4 is 11.1 Å². The van der Waals surface area contributed by atoms with Crippen molar-refractivity contribution < 1.29 is 4.74 Å². The summed E-state index contributed by atoms with van der Waals surface area (Å²) in [5.74, 6) is 0.713. The van der Waals surface area contributed by atoms with Crippen LogP contribution in [0.3, 0.4) is 0 Å². The van der Waals surface area contributed by atoms with Crippen LogP contribution in [0.15, 0.2) is 18.3 Å².